The van der Waals surface area contributed by atoms with Crippen molar-refractivity contribution in [3.63, 3.8) is 0 Å². The highest BCUT2D eigenvalue weighted by atomic mass is 79.9. The molecule has 0 aliphatic carbocycles. The first-order chi connectivity index (χ1) is 10.9. The van der Waals surface area contributed by atoms with Crippen molar-refractivity contribution >= 4 is 31.6 Å². The third kappa shape index (κ3) is 3.13. The molecule has 4 nitrogen and oxygen atoms in total. The summed E-state index contributed by atoms with van der Waals surface area (Å²) in [5.74, 6) is -0.528. The van der Waals surface area contributed by atoms with Crippen molar-refractivity contribution in [2.75, 3.05) is 18.5 Å². The minimum absolute atomic E-state index is 0.0681. The second-order valence-corrected chi connectivity index (χ2v) is 8.11. The number of hydrogen-bond donors (Lipinski definition) is 1. The van der Waals surface area contributed by atoms with Gasteiger partial charge in [0.25, 0.3) is 0 Å². The molecular formula is C16H16BrFN2O2S. The Bertz CT molecular complexity index is 855. The van der Waals surface area contributed by atoms with Gasteiger partial charge in [-0.2, -0.15) is 0 Å². The van der Waals surface area contributed by atoms with Gasteiger partial charge in [0.05, 0.1) is 10.6 Å². The molecule has 0 radical (unpaired) electrons. The van der Waals surface area contributed by atoms with Crippen LogP contribution in [0.4, 0.5) is 10.1 Å². The van der Waals surface area contributed by atoms with Gasteiger partial charge in [-0.3, -0.25) is 0 Å². The Hall–Kier alpha value is -1.44. The van der Waals surface area contributed by atoms with E-state index >= 15 is 0 Å². The van der Waals surface area contributed by atoms with Crippen molar-refractivity contribution in [2.45, 2.75) is 17.9 Å². The van der Waals surface area contributed by atoms with E-state index < -0.39 is 15.8 Å². The lowest BCUT2D eigenvalue weighted by Gasteiger charge is -2.31. The Balaban J connectivity index is 1.92. The van der Waals surface area contributed by atoms with Gasteiger partial charge in [-0.15, -0.1) is 0 Å². The Morgan fingerprint density at radius 3 is 2.74 bits per heavy atom. The number of hydrogen-bond acceptors (Lipinski definition) is 3. The zero-order valence-electron chi connectivity index (χ0n) is 12.5. The third-order valence-electron chi connectivity index (χ3n) is 4.05. The summed E-state index contributed by atoms with van der Waals surface area (Å²) in [4.78, 5) is 1.86. The molecule has 0 saturated heterocycles. The van der Waals surface area contributed by atoms with E-state index in [0.29, 0.717) is 18.8 Å². The van der Waals surface area contributed by atoms with Crippen molar-refractivity contribution in [2.24, 2.45) is 0 Å². The average molecular weight is 399 g/mol. The first kappa shape index (κ1) is 16.4. The molecule has 1 aliphatic heterocycles. The van der Waals surface area contributed by atoms with Crippen LogP contribution in [0.15, 0.2) is 45.8 Å². The van der Waals surface area contributed by atoms with E-state index in [2.05, 4.69) is 20.7 Å². The van der Waals surface area contributed by atoms with Crippen LogP contribution in [0.1, 0.15) is 11.1 Å². The minimum Gasteiger partial charge on any atom is -0.364 e. The zero-order valence-corrected chi connectivity index (χ0v) is 14.9. The monoisotopic (exact) mass is 398 g/mol. The van der Waals surface area contributed by atoms with Crippen molar-refractivity contribution < 1.29 is 12.8 Å². The Morgan fingerprint density at radius 2 is 2.04 bits per heavy atom. The third-order valence-corrected chi connectivity index (χ3v) is 6.20. The van der Waals surface area contributed by atoms with E-state index in [1.165, 1.54) is 24.7 Å². The molecule has 1 N–H and O–H groups in total. The Labute approximate surface area is 143 Å². The second kappa shape index (κ2) is 6.22. The highest BCUT2D eigenvalue weighted by molar-refractivity contribution is 9.10. The van der Waals surface area contributed by atoms with Crippen molar-refractivity contribution in [3.05, 3.63) is 57.8 Å². The lowest BCUT2D eigenvalue weighted by molar-refractivity contribution is 0.581. The SMILES string of the molecule is CNS(=O)(=O)c1ccc(N2CCc3c(Br)cccc3C2)c(F)c1. The van der Waals surface area contributed by atoms with Crippen molar-refractivity contribution in [3.8, 4) is 0 Å². The van der Waals surface area contributed by atoms with Gasteiger partial charge in [0.15, 0.2) is 0 Å². The number of nitrogens with zero attached hydrogens (tertiary/aromatic N) is 1. The molecule has 122 valence electrons. The van der Waals surface area contributed by atoms with Crippen LogP contribution >= 0.6 is 15.9 Å². The number of benzene rings is 2. The summed E-state index contributed by atoms with van der Waals surface area (Å²) in [5.41, 5.74) is 2.82. The Kier molecular flexibility index (Phi) is 4.44. The van der Waals surface area contributed by atoms with Gasteiger partial charge < -0.3 is 4.90 Å². The standard InChI is InChI=1S/C16H16BrFN2O2S/c1-19-23(21,22)12-5-6-16(15(18)9-12)20-8-7-13-11(10-20)3-2-4-14(13)17/h2-6,9,19H,7-8,10H2,1H3. The van der Waals surface area contributed by atoms with Gasteiger partial charge in [0.1, 0.15) is 5.82 Å². The minimum atomic E-state index is -3.64. The van der Waals surface area contributed by atoms with Crippen LogP contribution < -0.4 is 9.62 Å². The fourth-order valence-corrected chi connectivity index (χ4v) is 4.14. The van der Waals surface area contributed by atoms with Gasteiger partial charge >= 0.3 is 0 Å². The number of sulfonamides is 1. The summed E-state index contributed by atoms with van der Waals surface area (Å²) in [5, 5.41) is 0. The fraction of sp³-hybridized carbons (Fsp3) is 0.250. The fourth-order valence-electron chi connectivity index (χ4n) is 2.80. The number of anilines is 1. The maximum atomic E-state index is 14.4. The molecule has 2 aromatic rings. The van der Waals surface area contributed by atoms with E-state index in [-0.39, 0.29) is 4.90 Å². The molecular weight excluding hydrogens is 383 g/mol. The smallest absolute Gasteiger partial charge is 0.240 e. The first-order valence-corrected chi connectivity index (χ1v) is 9.44. The molecule has 0 spiro atoms. The lowest BCUT2D eigenvalue weighted by Crippen LogP contribution is -2.31. The first-order valence-electron chi connectivity index (χ1n) is 7.16. The van der Waals surface area contributed by atoms with Gasteiger partial charge in [0.2, 0.25) is 10.0 Å². The molecule has 0 aromatic heterocycles. The van der Waals surface area contributed by atoms with Gasteiger partial charge in [-0.1, -0.05) is 28.1 Å². The normalized spacial score (nSPS) is 14.7. The molecule has 2 aromatic carbocycles. The molecule has 7 heteroatoms. The van der Waals surface area contributed by atoms with Crippen molar-refractivity contribution in [1.82, 2.24) is 4.72 Å². The van der Waals surface area contributed by atoms with Crippen molar-refractivity contribution in [1.29, 1.82) is 0 Å². The van der Waals surface area contributed by atoms with Gasteiger partial charge in [-0.25, -0.2) is 17.5 Å². The van der Waals surface area contributed by atoms with Gasteiger partial charge in [0, 0.05) is 17.6 Å². The maximum absolute atomic E-state index is 14.4. The lowest BCUT2D eigenvalue weighted by atomic mass is 9.99. The molecule has 0 unspecified atom stereocenters. The number of rotatable bonds is 3. The van der Waals surface area contributed by atoms with Crippen LogP contribution in [0.25, 0.3) is 0 Å². The summed E-state index contributed by atoms with van der Waals surface area (Å²) in [6.07, 6.45) is 0.812. The molecule has 0 atom stereocenters. The molecule has 0 amide bonds. The van der Waals surface area contributed by atoms with Gasteiger partial charge in [-0.05, 0) is 48.9 Å². The molecule has 1 aliphatic rings. The second-order valence-electron chi connectivity index (χ2n) is 5.37. The largest absolute Gasteiger partial charge is 0.364 e. The maximum Gasteiger partial charge on any atom is 0.240 e. The summed E-state index contributed by atoms with van der Waals surface area (Å²) >= 11 is 3.55. The predicted octanol–water partition coefficient (Wildman–Crippen LogP) is 3.06. The predicted molar refractivity (Wildman–Crippen MR) is 91.5 cm³/mol. The number of fused-ring (bicyclic) bond motifs is 1. The van der Waals surface area contributed by atoms with E-state index in [9.17, 15) is 12.8 Å². The van der Waals surface area contributed by atoms with Crippen LogP contribution in [0.2, 0.25) is 0 Å². The van der Waals surface area contributed by atoms with E-state index in [4.69, 9.17) is 0 Å². The van der Waals surface area contributed by atoms with Crippen LogP contribution in [0.5, 0.6) is 0 Å². The highest BCUT2D eigenvalue weighted by Crippen LogP contribution is 2.31. The highest BCUT2D eigenvalue weighted by Gasteiger charge is 2.22. The summed E-state index contributed by atoms with van der Waals surface area (Å²) in [7, 11) is -2.33. The summed E-state index contributed by atoms with van der Waals surface area (Å²) in [6.45, 7) is 1.29. The van der Waals surface area contributed by atoms with Crippen LogP contribution in [-0.4, -0.2) is 22.0 Å². The van der Waals surface area contributed by atoms with E-state index in [1.54, 1.807) is 0 Å². The molecule has 0 bridgehead atoms. The average Bonchev–Trinajstić information content (AvgIpc) is 2.54. The molecule has 1 heterocycles. The molecule has 3 rings (SSSR count). The number of halogens is 2. The zero-order chi connectivity index (χ0) is 16.6. The molecule has 0 fully saturated rings. The van der Waals surface area contributed by atoms with E-state index in [1.807, 2.05) is 23.1 Å². The van der Waals surface area contributed by atoms with E-state index in [0.717, 1.165) is 22.5 Å². The number of nitrogens with one attached hydrogen (secondary N) is 1. The summed E-state index contributed by atoms with van der Waals surface area (Å²) < 4.78 is 41.2. The topological polar surface area (TPSA) is 49.4 Å². The summed E-state index contributed by atoms with van der Waals surface area (Å²) in [6, 6.07) is 10.0. The Morgan fingerprint density at radius 1 is 1.26 bits per heavy atom. The molecule has 23 heavy (non-hydrogen) atoms. The van der Waals surface area contributed by atoms with Crippen LogP contribution in [0.3, 0.4) is 0 Å². The van der Waals surface area contributed by atoms with Crippen LogP contribution in [-0.2, 0) is 23.0 Å². The quantitative estimate of drug-likeness (QED) is 0.863. The molecule has 0 saturated carbocycles. The van der Waals surface area contributed by atoms with Crippen LogP contribution in [0, 0.1) is 5.82 Å².